The number of hydrogen-bond donors (Lipinski definition) is 1. The number of carbonyl (C=O) groups is 2. The van der Waals surface area contributed by atoms with Crippen molar-refractivity contribution in [2.24, 2.45) is 11.8 Å². The summed E-state index contributed by atoms with van der Waals surface area (Å²) in [6, 6.07) is 17.2. The molecule has 0 unspecified atom stereocenters. The lowest BCUT2D eigenvalue weighted by Crippen LogP contribution is -2.26. The average Bonchev–Trinajstić information content (AvgIpc) is 3.95. The average molecular weight is 691 g/mol. The highest BCUT2D eigenvalue weighted by molar-refractivity contribution is 6.01. The molecule has 1 aliphatic carbocycles. The van der Waals surface area contributed by atoms with Crippen LogP contribution < -0.4 is 29.2 Å². The fourth-order valence-corrected chi connectivity index (χ4v) is 6.20. The Bertz CT molecular complexity index is 2030. The van der Waals surface area contributed by atoms with Crippen molar-refractivity contribution in [3.05, 3.63) is 89.9 Å². The first-order valence-corrected chi connectivity index (χ1v) is 16.5. The molecule has 0 saturated heterocycles. The smallest absolute Gasteiger partial charge is 0.229 e. The van der Waals surface area contributed by atoms with E-state index in [1.807, 2.05) is 61.5 Å². The summed E-state index contributed by atoms with van der Waals surface area (Å²) < 4.78 is 22.6. The molecule has 6 rings (SSSR count). The molecule has 0 bridgehead atoms. The van der Waals surface area contributed by atoms with Crippen LogP contribution in [0.5, 0.6) is 23.0 Å². The SMILES string of the molecule is COc1ccc(CN(Cc2ccc(OC)cc2OC)c2nc(-c3cnccc3C)cc3cc(NC(=O)[C@@H]4C[C@H]4C(=O)N(C)C)ncc23)c(OC)c1. The number of nitrogens with one attached hydrogen (secondary N) is 1. The normalized spacial score (nSPS) is 14.8. The van der Waals surface area contributed by atoms with E-state index in [4.69, 9.17) is 23.9 Å². The van der Waals surface area contributed by atoms with Gasteiger partial charge in [-0.25, -0.2) is 9.97 Å². The van der Waals surface area contributed by atoms with Gasteiger partial charge in [-0.1, -0.05) is 0 Å². The third-order valence-corrected chi connectivity index (χ3v) is 9.16. The first kappa shape index (κ1) is 34.9. The van der Waals surface area contributed by atoms with Gasteiger partial charge in [0.2, 0.25) is 11.8 Å². The van der Waals surface area contributed by atoms with Gasteiger partial charge in [0.15, 0.2) is 0 Å². The number of amides is 2. The van der Waals surface area contributed by atoms with Gasteiger partial charge in [-0.2, -0.15) is 0 Å². The third-order valence-electron chi connectivity index (χ3n) is 9.16. The summed E-state index contributed by atoms with van der Waals surface area (Å²) in [5.74, 6) is 2.78. The summed E-state index contributed by atoms with van der Waals surface area (Å²) in [4.78, 5) is 43.6. The zero-order chi connectivity index (χ0) is 36.2. The minimum absolute atomic E-state index is 0.0455. The molecule has 1 saturated carbocycles. The Balaban J connectivity index is 1.47. The maximum atomic E-state index is 13.2. The van der Waals surface area contributed by atoms with Crippen LogP contribution in [0.15, 0.2) is 73.2 Å². The summed E-state index contributed by atoms with van der Waals surface area (Å²) in [5.41, 5.74) is 4.41. The van der Waals surface area contributed by atoms with E-state index in [-0.39, 0.29) is 23.7 Å². The van der Waals surface area contributed by atoms with Gasteiger partial charge in [0.05, 0.1) is 46.0 Å². The number of benzene rings is 2. The monoisotopic (exact) mass is 690 g/mol. The Morgan fingerprint density at radius 1 is 0.824 bits per heavy atom. The molecular weight excluding hydrogens is 648 g/mol. The predicted molar refractivity (Wildman–Crippen MR) is 195 cm³/mol. The van der Waals surface area contributed by atoms with Crippen LogP contribution in [0.2, 0.25) is 0 Å². The van der Waals surface area contributed by atoms with E-state index in [0.29, 0.717) is 59.8 Å². The number of pyridine rings is 3. The molecule has 2 aromatic carbocycles. The quantitative estimate of drug-likeness (QED) is 0.159. The number of hydrogen-bond acceptors (Lipinski definition) is 10. The molecule has 0 aliphatic heterocycles. The van der Waals surface area contributed by atoms with Crippen molar-refractivity contribution in [2.45, 2.75) is 26.4 Å². The van der Waals surface area contributed by atoms with Crippen LogP contribution in [0.3, 0.4) is 0 Å². The summed E-state index contributed by atoms with van der Waals surface area (Å²) in [7, 11) is 9.91. The third kappa shape index (κ3) is 7.49. The molecule has 2 atom stereocenters. The van der Waals surface area contributed by atoms with Crippen molar-refractivity contribution in [1.82, 2.24) is 19.9 Å². The lowest BCUT2D eigenvalue weighted by Gasteiger charge is -2.28. The Hall–Kier alpha value is -5.91. The van der Waals surface area contributed by atoms with Crippen LogP contribution in [-0.2, 0) is 22.7 Å². The van der Waals surface area contributed by atoms with E-state index >= 15 is 0 Å². The van der Waals surface area contributed by atoms with E-state index in [1.54, 1.807) is 61.1 Å². The topological polar surface area (TPSA) is 128 Å². The lowest BCUT2D eigenvalue weighted by atomic mass is 10.0. The largest absolute Gasteiger partial charge is 0.497 e. The maximum Gasteiger partial charge on any atom is 0.229 e. The standard InChI is InChI=1S/C39H42N6O6/c1-23-12-13-40-19-31(23)33-14-26-15-36(43-38(46)29-18-30(29)39(47)44(2)3)41-20-32(26)37(42-33)45(21-24-8-10-27(48-4)16-34(24)50-6)22-25-9-11-28(49-5)17-35(25)51-7/h8-17,19-20,29-30H,18,21-22H2,1-7H3,(H,41,43,46)/t29-,30-/m1/s1. The number of anilines is 2. The first-order chi connectivity index (χ1) is 24.6. The number of fused-ring (bicyclic) bond motifs is 1. The molecule has 3 heterocycles. The van der Waals surface area contributed by atoms with E-state index in [9.17, 15) is 9.59 Å². The number of carbonyl (C=O) groups excluding carboxylic acids is 2. The van der Waals surface area contributed by atoms with Crippen molar-refractivity contribution in [3.8, 4) is 34.3 Å². The second kappa shape index (κ2) is 14.9. The van der Waals surface area contributed by atoms with Gasteiger partial charge in [-0.3, -0.25) is 14.6 Å². The Kier molecular flexibility index (Phi) is 10.2. The van der Waals surface area contributed by atoms with Crippen LogP contribution in [-0.4, -0.2) is 74.2 Å². The molecule has 1 aliphatic rings. The second-order valence-corrected chi connectivity index (χ2v) is 12.7. The van der Waals surface area contributed by atoms with Crippen molar-refractivity contribution in [2.75, 3.05) is 52.8 Å². The number of nitrogens with zero attached hydrogens (tertiary/aromatic N) is 5. The van der Waals surface area contributed by atoms with E-state index < -0.39 is 0 Å². The highest BCUT2D eigenvalue weighted by Crippen LogP contribution is 2.41. The van der Waals surface area contributed by atoms with Gasteiger partial charge in [-0.05, 0) is 66.8 Å². The van der Waals surface area contributed by atoms with Gasteiger partial charge >= 0.3 is 0 Å². The molecule has 0 spiro atoms. The summed E-state index contributed by atoms with van der Waals surface area (Å²) in [6.07, 6.45) is 5.80. The fraction of sp³-hybridized carbons (Fsp3) is 0.308. The molecule has 0 radical (unpaired) electrons. The molecule has 264 valence electrons. The van der Waals surface area contributed by atoms with Crippen LogP contribution in [0.25, 0.3) is 22.0 Å². The highest BCUT2D eigenvalue weighted by atomic mass is 16.5. The molecule has 5 aromatic rings. The van der Waals surface area contributed by atoms with E-state index in [0.717, 1.165) is 33.0 Å². The van der Waals surface area contributed by atoms with Gasteiger partial charge < -0.3 is 34.1 Å². The Morgan fingerprint density at radius 2 is 1.47 bits per heavy atom. The van der Waals surface area contributed by atoms with Crippen LogP contribution in [0.1, 0.15) is 23.1 Å². The summed E-state index contributed by atoms with van der Waals surface area (Å²) in [5, 5.41) is 4.53. The van der Waals surface area contributed by atoms with Crippen LogP contribution in [0, 0.1) is 18.8 Å². The van der Waals surface area contributed by atoms with Gasteiger partial charge in [0.1, 0.15) is 34.6 Å². The second-order valence-electron chi connectivity index (χ2n) is 12.7. The van der Waals surface area contributed by atoms with Crippen molar-refractivity contribution < 1.29 is 28.5 Å². The van der Waals surface area contributed by atoms with Gasteiger partial charge in [0.25, 0.3) is 0 Å². The Morgan fingerprint density at radius 3 is 2.04 bits per heavy atom. The van der Waals surface area contributed by atoms with Crippen molar-refractivity contribution >= 4 is 34.2 Å². The van der Waals surface area contributed by atoms with Crippen molar-refractivity contribution in [3.63, 3.8) is 0 Å². The van der Waals surface area contributed by atoms with Crippen molar-refractivity contribution in [1.29, 1.82) is 0 Å². The number of rotatable bonds is 13. The first-order valence-electron chi connectivity index (χ1n) is 16.5. The fourth-order valence-electron chi connectivity index (χ4n) is 6.20. The minimum Gasteiger partial charge on any atom is -0.497 e. The predicted octanol–water partition coefficient (Wildman–Crippen LogP) is 5.90. The number of ether oxygens (including phenoxy) is 4. The number of aryl methyl sites for hydroxylation is 1. The summed E-state index contributed by atoms with van der Waals surface area (Å²) >= 11 is 0. The Labute approximate surface area is 297 Å². The number of aromatic nitrogens is 3. The van der Waals surface area contributed by atoms with Gasteiger partial charge in [0, 0.05) is 80.0 Å². The van der Waals surface area contributed by atoms with E-state index in [2.05, 4.69) is 20.2 Å². The van der Waals surface area contributed by atoms with Gasteiger partial charge in [-0.15, -0.1) is 0 Å². The maximum absolute atomic E-state index is 13.2. The zero-order valence-electron chi connectivity index (χ0n) is 29.9. The minimum atomic E-state index is -0.381. The number of methoxy groups -OCH3 is 4. The van der Waals surface area contributed by atoms with Crippen LogP contribution in [0.4, 0.5) is 11.6 Å². The summed E-state index contributed by atoms with van der Waals surface area (Å²) in [6.45, 7) is 2.83. The molecule has 1 N–H and O–H groups in total. The molecule has 51 heavy (non-hydrogen) atoms. The molecule has 2 amide bonds. The lowest BCUT2D eigenvalue weighted by molar-refractivity contribution is -0.131. The molecule has 1 fully saturated rings. The molecule has 12 nitrogen and oxygen atoms in total. The molecule has 3 aromatic heterocycles. The molecular formula is C39H42N6O6. The van der Waals surface area contributed by atoms with Crippen LogP contribution >= 0.6 is 0 Å². The highest BCUT2D eigenvalue weighted by Gasteiger charge is 2.48. The molecule has 12 heteroatoms. The van der Waals surface area contributed by atoms with E-state index in [1.165, 1.54) is 4.90 Å². The zero-order valence-corrected chi connectivity index (χ0v) is 29.9.